The van der Waals surface area contributed by atoms with Crippen molar-refractivity contribution in [2.24, 2.45) is 0 Å². The highest BCUT2D eigenvalue weighted by Crippen LogP contribution is 2.15. The van der Waals surface area contributed by atoms with Crippen LogP contribution in [-0.4, -0.2) is 35.6 Å². The first kappa shape index (κ1) is 43.9. The molecular weight excluding hydrogens is 574 g/mol. The van der Waals surface area contributed by atoms with Crippen LogP contribution in [0.3, 0.4) is 0 Å². The Morgan fingerprint density at radius 2 is 1.00 bits per heavy atom. The molecule has 1 unspecified atom stereocenters. The molecule has 0 spiro atoms. The maximum atomic E-state index is 12.6. The van der Waals surface area contributed by atoms with Crippen LogP contribution >= 0.6 is 0 Å². The van der Waals surface area contributed by atoms with E-state index in [1.54, 1.807) is 0 Å². The van der Waals surface area contributed by atoms with Gasteiger partial charge in [0.15, 0.2) is 0 Å². The highest BCUT2D eigenvalue weighted by Gasteiger charge is 2.12. The van der Waals surface area contributed by atoms with Gasteiger partial charge in [0.1, 0.15) is 12.6 Å². The van der Waals surface area contributed by atoms with E-state index in [9.17, 15) is 14.4 Å². The van der Waals surface area contributed by atoms with E-state index in [1.807, 2.05) is 0 Å². The number of aliphatic carboxylic acids is 1. The molecule has 0 aromatic rings. The Hall–Kier alpha value is -2.11. The maximum Gasteiger partial charge on any atom is 0.322 e. The van der Waals surface area contributed by atoms with Gasteiger partial charge in [-0.2, -0.15) is 0 Å². The quantitative estimate of drug-likeness (QED) is 0.0405. The molecule has 0 aliphatic heterocycles. The van der Waals surface area contributed by atoms with Crippen molar-refractivity contribution in [3.8, 4) is 0 Å². The molecule has 0 saturated carbocycles. The Morgan fingerprint density at radius 3 is 1.52 bits per heavy atom. The van der Waals surface area contributed by atoms with E-state index in [2.05, 4.69) is 43.5 Å². The molecule has 0 saturated heterocycles. The standard InChI is InChI=1S/C40H73NO5/c1-3-5-7-9-11-13-14-15-16-17-18-19-20-21-23-25-31-35-40(45)46-37(32-28-24-22-12-10-8-6-4-2)33-29-26-27-30-34-38(42)41-36-39(43)44/h15-16,28,32,37H,3-14,17-27,29-31,33-36H2,1-2H3,(H,41,42)(H,43,44)/b16-15-,32-28-. The second-order valence-corrected chi connectivity index (χ2v) is 13.2. The molecule has 2 N–H and O–H groups in total. The molecule has 0 heterocycles. The summed E-state index contributed by atoms with van der Waals surface area (Å²) < 4.78 is 5.89. The molecule has 6 nitrogen and oxygen atoms in total. The third-order valence-electron chi connectivity index (χ3n) is 8.58. The molecule has 46 heavy (non-hydrogen) atoms. The summed E-state index contributed by atoms with van der Waals surface area (Å²) in [5.74, 6) is -1.33. The first-order chi connectivity index (χ1) is 22.5. The minimum Gasteiger partial charge on any atom is -0.480 e. The number of unbranched alkanes of at least 4 members (excludes halogenated alkanes) is 22. The van der Waals surface area contributed by atoms with Gasteiger partial charge < -0.3 is 15.2 Å². The zero-order chi connectivity index (χ0) is 33.8. The van der Waals surface area contributed by atoms with Crippen molar-refractivity contribution in [3.63, 3.8) is 0 Å². The number of carboxylic acids is 1. The van der Waals surface area contributed by atoms with Crippen LogP contribution in [0, 0.1) is 0 Å². The van der Waals surface area contributed by atoms with E-state index in [-0.39, 0.29) is 24.5 Å². The van der Waals surface area contributed by atoms with Crippen molar-refractivity contribution in [3.05, 3.63) is 24.3 Å². The van der Waals surface area contributed by atoms with Gasteiger partial charge in [0, 0.05) is 12.8 Å². The number of carbonyl (C=O) groups excluding carboxylic acids is 2. The minimum absolute atomic E-state index is 0.0861. The van der Waals surface area contributed by atoms with Gasteiger partial charge in [-0.15, -0.1) is 0 Å². The Labute approximate surface area is 284 Å². The lowest BCUT2D eigenvalue weighted by molar-refractivity contribution is -0.147. The van der Waals surface area contributed by atoms with Crippen LogP contribution < -0.4 is 5.32 Å². The van der Waals surface area contributed by atoms with Gasteiger partial charge in [-0.1, -0.05) is 141 Å². The summed E-state index contributed by atoms with van der Waals surface area (Å²) in [4.78, 5) is 34.9. The van der Waals surface area contributed by atoms with E-state index in [4.69, 9.17) is 9.84 Å². The third kappa shape index (κ3) is 34.8. The number of carbonyl (C=O) groups is 3. The predicted molar refractivity (Wildman–Crippen MR) is 194 cm³/mol. The summed E-state index contributed by atoms with van der Waals surface area (Å²) in [5.41, 5.74) is 0. The van der Waals surface area contributed by atoms with E-state index < -0.39 is 5.97 Å². The number of hydrogen-bond acceptors (Lipinski definition) is 4. The van der Waals surface area contributed by atoms with Crippen molar-refractivity contribution in [2.75, 3.05) is 6.54 Å². The average Bonchev–Trinajstić information content (AvgIpc) is 3.04. The van der Waals surface area contributed by atoms with Gasteiger partial charge in [-0.25, -0.2) is 0 Å². The second kappa shape index (κ2) is 35.7. The fraction of sp³-hybridized carbons (Fsp3) is 0.825. The lowest BCUT2D eigenvalue weighted by Crippen LogP contribution is -2.28. The first-order valence-corrected chi connectivity index (χ1v) is 19.5. The highest BCUT2D eigenvalue weighted by molar-refractivity contribution is 5.80. The summed E-state index contributed by atoms with van der Waals surface area (Å²) in [6.07, 6.45) is 41.7. The Kier molecular flexibility index (Phi) is 34.1. The Bertz CT molecular complexity index is 763. The molecule has 0 aromatic heterocycles. The lowest BCUT2D eigenvalue weighted by Gasteiger charge is -2.15. The van der Waals surface area contributed by atoms with Crippen LogP contribution in [0.1, 0.15) is 200 Å². The molecule has 268 valence electrons. The van der Waals surface area contributed by atoms with Gasteiger partial charge in [-0.05, 0) is 70.3 Å². The molecule has 0 bridgehead atoms. The molecule has 6 heteroatoms. The minimum atomic E-state index is -1.03. The van der Waals surface area contributed by atoms with Gasteiger partial charge in [0.25, 0.3) is 0 Å². The fourth-order valence-electron chi connectivity index (χ4n) is 5.65. The van der Waals surface area contributed by atoms with Crippen LogP contribution in [0.5, 0.6) is 0 Å². The molecule has 0 rings (SSSR count). The number of hydrogen-bond donors (Lipinski definition) is 2. The number of ether oxygens (including phenoxy) is 1. The maximum absolute atomic E-state index is 12.6. The van der Waals surface area contributed by atoms with Crippen LogP contribution in [0.25, 0.3) is 0 Å². The van der Waals surface area contributed by atoms with Gasteiger partial charge >= 0.3 is 11.9 Å². The summed E-state index contributed by atoms with van der Waals surface area (Å²) in [6, 6.07) is 0. The summed E-state index contributed by atoms with van der Waals surface area (Å²) in [5, 5.41) is 11.1. The number of amides is 1. The number of esters is 1. The topological polar surface area (TPSA) is 92.7 Å². The van der Waals surface area contributed by atoms with E-state index in [1.165, 1.54) is 122 Å². The lowest BCUT2D eigenvalue weighted by atomic mass is 10.1. The summed E-state index contributed by atoms with van der Waals surface area (Å²) in [7, 11) is 0. The van der Waals surface area contributed by atoms with Gasteiger partial charge in [-0.3, -0.25) is 14.4 Å². The summed E-state index contributed by atoms with van der Waals surface area (Å²) >= 11 is 0. The first-order valence-electron chi connectivity index (χ1n) is 19.5. The SMILES string of the molecule is CCCCCCCC/C=C\CCCCCCCCCC(=O)OC(/C=C\CCCCCCCC)CCCCCCC(=O)NCC(=O)O. The van der Waals surface area contributed by atoms with Crippen molar-refractivity contribution < 1.29 is 24.2 Å². The van der Waals surface area contributed by atoms with Gasteiger partial charge in [0.2, 0.25) is 5.91 Å². The van der Waals surface area contributed by atoms with Crippen LogP contribution in [0.2, 0.25) is 0 Å². The van der Waals surface area contributed by atoms with Crippen molar-refractivity contribution >= 4 is 17.8 Å². The zero-order valence-electron chi connectivity index (χ0n) is 30.2. The second-order valence-electron chi connectivity index (χ2n) is 13.2. The predicted octanol–water partition coefficient (Wildman–Crippen LogP) is 11.6. The number of nitrogens with one attached hydrogen (secondary N) is 1. The molecule has 0 aliphatic carbocycles. The molecule has 1 atom stereocenters. The Morgan fingerprint density at radius 1 is 0.565 bits per heavy atom. The van der Waals surface area contributed by atoms with Crippen molar-refractivity contribution in [2.45, 2.75) is 206 Å². The monoisotopic (exact) mass is 648 g/mol. The third-order valence-corrected chi connectivity index (χ3v) is 8.58. The number of rotatable bonds is 35. The highest BCUT2D eigenvalue weighted by atomic mass is 16.5. The number of carboxylic acid groups (broad SMARTS) is 1. The van der Waals surface area contributed by atoms with E-state index in [0.717, 1.165) is 51.4 Å². The fourth-order valence-corrected chi connectivity index (χ4v) is 5.65. The zero-order valence-corrected chi connectivity index (χ0v) is 30.2. The molecule has 0 radical (unpaired) electrons. The Balaban J connectivity index is 4.09. The van der Waals surface area contributed by atoms with Crippen LogP contribution in [-0.2, 0) is 19.1 Å². The van der Waals surface area contributed by atoms with Crippen LogP contribution in [0.15, 0.2) is 24.3 Å². The summed E-state index contributed by atoms with van der Waals surface area (Å²) in [6.45, 7) is 4.18. The average molecular weight is 648 g/mol. The van der Waals surface area contributed by atoms with Crippen LogP contribution in [0.4, 0.5) is 0 Å². The van der Waals surface area contributed by atoms with Crippen molar-refractivity contribution in [1.29, 1.82) is 0 Å². The smallest absolute Gasteiger partial charge is 0.322 e. The molecule has 0 aliphatic rings. The number of allylic oxidation sites excluding steroid dienone is 3. The normalized spacial score (nSPS) is 12.2. The molecule has 1 amide bonds. The largest absolute Gasteiger partial charge is 0.480 e. The van der Waals surface area contributed by atoms with E-state index in [0.29, 0.717) is 12.8 Å². The van der Waals surface area contributed by atoms with Gasteiger partial charge in [0.05, 0.1) is 0 Å². The van der Waals surface area contributed by atoms with Crippen molar-refractivity contribution in [1.82, 2.24) is 5.32 Å². The molecule has 0 aromatic carbocycles. The molecular formula is C40H73NO5. The van der Waals surface area contributed by atoms with E-state index >= 15 is 0 Å². The molecule has 0 fully saturated rings.